The first-order valence-corrected chi connectivity index (χ1v) is 5.98. The van der Waals surface area contributed by atoms with Crippen molar-refractivity contribution in [2.45, 2.75) is 6.92 Å². The van der Waals surface area contributed by atoms with Gasteiger partial charge in [0.15, 0.2) is 17.4 Å². The number of ether oxygens (including phenoxy) is 1. The number of rotatable bonds is 2. The molecule has 112 valence electrons. The summed E-state index contributed by atoms with van der Waals surface area (Å²) in [7, 11) is 0. The number of esters is 1. The lowest BCUT2D eigenvalue weighted by Gasteiger charge is -2.10. The van der Waals surface area contributed by atoms with Crippen molar-refractivity contribution in [3.8, 4) is 18.1 Å². The van der Waals surface area contributed by atoms with Gasteiger partial charge < -0.3 is 4.74 Å². The molecule has 0 radical (unpaired) electrons. The highest BCUT2D eigenvalue weighted by Crippen LogP contribution is 2.30. The van der Waals surface area contributed by atoms with Crippen molar-refractivity contribution in [2.75, 3.05) is 0 Å². The quantitative estimate of drug-likeness (QED) is 0.211. The number of hydrogen-bond donors (Lipinski definition) is 0. The maximum atomic E-state index is 13.6. The molecule has 22 heavy (non-hydrogen) atoms. The average Bonchev–Trinajstić information content (AvgIpc) is 2.55. The van der Waals surface area contributed by atoms with Crippen LogP contribution in [0.15, 0.2) is 24.3 Å². The number of benzene rings is 2. The molecule has 0 aliphatic rings. The van der Waals surface area contributed by atoms with E-state index < -0.39 is 40.6 Å². The molecule has 0 saturated carbocycles. The summed E-state index contributed by atoms with van der Waals surface area (Å²) in [4.78, 5) is 11.8. The summed E-state index contributed by atoms with van der Waals surface area (Å²) >= 11 is 0. The zero-order valence-electron chi connectivity index (χ0n) is 11.2. The SMILES string of the molecule is C#Cc1ccc(C(=O)Oc2c(C)c(F)c(F)c(F)c2F)cc1. The standard InChI is InChI=1S/C16H8F4O2/c1-3-9-4-6-10(7-5-9)16(21)22-15-8(2)11(17)12(18)13(19)14(15)20/h1,4-7H,2H3. The van der Waals surface area contributed by atoms with Crippen LogP contribution in [-0.4, -0.2) is 5.97 Å². The normalized spacial score (nSPS) is 10.2. The van der Waals surface area contributed by atoms with Crippen molar-refractivity contribution < 1.29 is 27.1 Å². The van der Waals surface area contributed by atoms with E-state index in [9.17, 15) is 22.4 Å². The number of carbonyl (C=O) groups excluding carboxylic acids is 1. The van der Waals surface area contributed by atoms with Gasteiger partial charge in [0.25, 0.3) is 0 Å². The molecule has 0 fully saturated rings. The van der Waals surface area contributed by atoms with E-state index in [1.54, 1.807) is 0 Å². The van der Waals surface area contributed by atoms with Crippen LogP contribution in [0.1, 0.15) is 21.5 Å². The van der Waals surface area contributed by atoms with E-state index in [-0.39, 0.29) is 5.56 Å². The number of carbonyl (C=O) groups is 1. The summed E-state index contributed by atoms with van der Waals surface area (Å²) in [5, 5.41) is 0. The summed E-state index contributed by atoms with van der Waals surface area (Å²) in [6, 6.07) is 5.49. The van der Waals surface area contributed by atoms with Crippen LogP contribution < -0.4 is 4.74 Å². The summed E-state index contributed by atoms with van der Waals surface area (Å²) in [6.45, 7) is 0.963. The van der Waals surface area contributed by atoms with E-state index in [2.05, 4.69) is 10.7 Å². The fourth-order valence-corrected chi connectivity index (χ4v) is 1.70. The van der Waals surface area contributed by atoms with Gasteiger partial charge >= 0.3 is 5.97 Å². The Bertz CT molecular complexity index is 760. The molecule has 0 amide bonds. The van der Waals surface area contributed by atoms with Gasteiger partial charge in [-0.15, -0.1) is 6.42 Å². The minimum Gasteiger partial charge on any atom is -0.419 e. The monoisotopic (exact) mass is 308 g/mol. The first-order chi connectivity index (χ1) is 10.4. The van der Waals surface area contributed by atoms with Gasteiger partial charge in [-0.05, 0) is 31.2 Å². The second-order valence-electron chi connectivity index (χ2n) is 4.32. The van der Waals surface area contributed by atoms with Crippen molar-refractivity contribution in [3.05, 3.63) is 64.2 Å². The second-order valence-corrected chi connectivity index (χ2v) is 4.32. The Morgan fingerprint density at radius 2 is 1.55 bits per heavy atom. The molecule has 0 unspecified atom stereocenters. The van der Waals surface area contributed by atoms with Gasteiger partial charge in [0.1, 0.15) is 0 Å². The lowest BCUT2D eigenvalue weighted by Crippen LogP contribution is -2.13. The smallest absolute Gasteiger partial charge is 0.343 e. The predicted molar refractivity (Wildman–Crippen MR) is 70.3 cm³/mol. The van der Waals surface area contributed by atoms with E-state index in [0.717, 1.165) is 6.92 Å². The Labute approximate surface area is 123 Å². The molecule has 0 N–H and O–H groups in total. The van der Waals surface area contributed by atoms with Gasteiger partial charge in [-0.2, -0.15) is 4.39 Å². The van der Waals surface area contributed by atoms with Crippen LogP contribution in [0.3, 0.4) is 0 Å². The number of terminal acetylenes is 1. The van der Waals surface area contributed by atoms with Crippen molar-refractivity contribution in [3.63, 3.8) is 0 Å². The molecule has 0 heterocycles. The molecule has 0 aromatic heterocycles. The molecule has 0 aliphatic carbocycles. The van der Waals surface area contributed by atoms with Crippen LogP contribution in [0.4, 0.5) is 17.6 Å². The van der Waals surface area contributed by atoms with Crippen molar-refractivity contribution >= 4 is 5.97 Å². The third kappa shape index (κ3) is 2.66. The molecular weight excluding hydrogens is 300 g/mol. The van der Waals surface area contributed by atoms with Crippen LogP contribution in [-0.2, 0) is 0 Å². The Morgan fingerprint density at radius 1 is 1.00 bits per heavy atom. The summed E-state index contributed by atoms with van der Waals surface area (Å²) in [5.41, 5.74) is -0.161. The molecule has 2 aromatic rings. The predicted octanol–water partition coefficient (Wildman–Crippen LogP) is 3.75. The van der Waals surface area contributed by atoms with Crippen molar-refractivity contribution in [1.82, 2.24) is 0 Å². The lowest BCUT2D eigenvalue weighted by molar-refractivity contribution is 0.0723. The molecule has 6 heteroatoms. The molecular formula is C16H8F4O2. The molecule has 0 aliphatic heterocycles. The minimum atomic E-state index is -2.05. The molecule has 0 saturated heterocycles. The van der Waals surface area contributed by atoms with E-state index in [0.29, 0.717) is 5.56 Å². The lowest BCUT2D eigenvalue weighted by atomic mass is 10.1. The molecule has 2 rings (SSSR count). The zero-order chi connectivity index (χ0) is 16.4. The summed E-state index contributed by atoms with van der Waals surface area (Å²) in [5.74, 6) is -7.13. The zero-order valence-corrected chi connectivity index (χ0v) is 11.2. The van der Waals surface area contributed by atoms with Gasteiger partial charge in [0.2, 0.25) is 11.6 Å². The molecule has 0 bridgehead atoms. The van der Waals surface area contributed by atoms with Gasteiger partial charge in [-0.25, -0.2) is 18.0 Å². The molecule has 0 spiro atoms. The number of halogens is 4. The first-order valence-electron chi connectivity index (χ1n) is 5.98. The van der Waals surface area contributed by atoms with E-state index in [1.807, 2.05) is 0 Å². The van der Waals surface area contributed by atoms with Crippen LogP contribution in [0.25, 0.3) is 0 Å². The Kier molecular flexibility index (Phi) is 4.18. The van der Waals surface area contributed by atoms with Gasteiger partial charge in [0, 0.05) is 11.1 Å². The fraction of sp³-hybridized carbons (Fsp3) is 0.0625. The molecule has 2 aromatic carbocycles. The largest absolute Gasteiger partial charge is 0.419 e. The van der Waals surface area contributed by atoms with Crippen molar-refractivity contribution in [1.29, 1.82) is 0 Å². The van der Waals surface area contributed by atoms with Gasteiger partial charge in [-0.3, -0.25) is 0 Å². The Balaban J connectivity index is 2.38. The third-order valence-corrected chi connectivity index (χ3v) is 2.93. The maximum Gasteiger partial charge on any atom is 0.343 e. The highest BCUT2D eigenvalue weighted by molar-refractivity contribution is 5.91. The van der Waals surface area contributed by atoms with Crippen LogP contribution in [0, 0.1) is 42.5 Å². The second kappa shape index (κ2) is 5.90. The highest BCUT2D eigenvalue weighted by atomic mass is 19.2. The molecule has 2 nitrogen and oxygen atoms in total. The van der Waals surface area contributed by atoms with Gasteiger partial charge in [-0.1, -0.05) is 5.92 Å². The Hall–Kier alpha value is -2.81. The minimum absolute atomic E-state index is 0.0112. The topological polar surface area (TPSA) is 26.3 Å². The first kappa shape index (κ1) is 15.6. The average molecular weight is 308 g/mol. The van der Waals surface area contributed by atoms with Gasteiger partial charge in [0.05, 0.1) is 5.56 Å². The van der Waals surface area contributed by atoms with Crippen LogP contribution >= 0.6 is 0 Å². The highest BCUT2D eigenvalue weighted by Gasteiger charge is 2.26. The van der Waals surface area contributed by atoms with E-state index in [4.69, 9.17) is 6.42 Å². The fourth-order valence-electron chi connectivity index (χ4n) is 1.70. The number of hydrogen-bond acceptors (Lipinski definition) is 2. The third-order valence-electron chi connectivity index (χ3n) is 2.93. The van der Waals surface area contributed by atoms with Crippen LogP contribution in [0.5, 0.6) is 5.75 Å². The van der Waals surface area contributed by atoms with Crippen LogP contribution in [0.2, 0.25) is 0 Å². The Morgan fingerprint density at radius 3 is 2.09 bits per heavy atom. The summed E-state index contributed by atoms with van der Waals surface area (Å²) < 4.78 is 57.8. The summed E-state index contributed by atoms with van der Waals surface area (Å²) in [6.07, 6.45) is 5.15. The molecule has 0 atom stereocenters. The van der Waals surface area contributed by atoms with Crippen molar-refractivity contribution in [2.24, 2.45) is 0 Å². The van der Waals surface area contributed by atoms with E-state index >= 15 is 0 Å². The maximum absolute atomic E-state index is 13.6. The van der Waals surface area contributed by atoms with E-state index in [1.165, 1.54) is 24.3 Å².